The Balaban J connectivity index is 1.45. The van der Waals surface area contributed by atoms with Crippen LogP contribution in [-0.2, 0) is 6.42 Å². The van der Waals surface area contributed by atoms with Gasteiger partial charge in [0.05, 0.1) is 6.61 Å². The average molecular weight is 579 g/mol. The van der Waals surface area contributed by atoms with Crippen LogP contribution in [0.1, 0.15) is 135 Å². The van der Waals surface area contributed by atoms with Gasteiger partial charge in [-0.3, -0.25) is 0 Å². The van der Waals surface area contributed by atoms with E-state index in [1.165, 1.54) is 147 Å². The summed E-state index contributed by atoms with van der Waals surface area (Å²) in [5.41, 5.74) is 4.10. The van der Waals surface area contributed by atoms with Crippen LogP contribution in [0, 0.1) is 0 Å². The van der Waals surface area contributed by atoms with E-state index in [4.69, 9.17) is 4.74 Å². The Morgan fingerprint density at radius 1 is 0.442 bits per heavy atom. The molecule has 0 saturated heterocycles. The van der Waals surface area contributed by atoms with E-state index in [1.807, 2.05) is 0 Å². The van der Waals surface area contributed by atoms with Crippen molar-refractivity contribution in [1.29, 1.82) is 0 Å². The number of benzene rings is 4. The number of hydrogen-bond donors (Lipinski definition) is 0. The Bertz CT molecular complexity index is 1340. The summed E-state index contributed by atoms with van der Waals surface area (Å²) in [6, 6.07) is 27.0. The molecule has 4 aromatic carbocycles. The first-order valence-corrected chi connectivity index (χ1v) is 18.0. The van der Waals surface area contributed by atoms with Crippen molar-refractivity contribution in [3.05, 3.63) is 78.4 Å². The molecular formula is C42H58O. The Hall–Kier alpha value is -2.80. The number of ether oxygens (including phenoxy) is 1. The molecule has 1 heteroatoms. The number of unbranched alkanes of at least 4 members (excludes halogenated alkanes) is 16. The molecule has 0 radical (unpaired) electrons. The first kappa shape index (κ1) is 33.1. The Morgan fingerprint density at radius 3 is 1.70 bits per heavy atom. The van der Waals surface area contributed by atoms with Gasteiger partial charge in [0, 0.05) is 5.56 Å². The van der Waals surface area contributed by atoms with Crippen molar-refractivity contribution in [2.24, 2.45) is 0 Å². The minimum Gasteiger partial charge on any atom is -0.493 e. The lowest BCUT2D eigenvalue weighted by molar-refractivity contribution is 0.305. The third-order valence-electron chi connectivity index (χ3n) is 9.22. The third kappa shape index (κ3) is 10.4. The van der Waals surface area contributed by atoms with Gasteiger partial charge in [-0.1, -0.05) is 183 Å². The quantitative estimate of drug-likeness (QED) is 0.0665. The molecule has 0 aliphatic carbocycles. The van der Waals surface area contributed by atoms with Crippen LogP contribution in [0.4, 0.5) is 0 Å². The fourth-order valence-corrected chi connectivity index (χ4v) is 6.68. The highest BCUT2D eigenvalue weighted by Gasteiger charge is 2.16. The first-order chi connectivity index (χ1) is 21.3. The highest BCUT2D eigenvalue weighted by molar-refractivity contribution is 6.13. The lowest BCUT2D eigenvalue weighted by Gasteiger charge is -2.18. The topological polar surface area (TPSA) is 9.23 Å². The molecule has 0 unspecified atom stereocenters. The maximum atomic E-state index is 6.53. The number of rotatable bonds is 22. The molecule has 0 N–H and O–H groups in total. The average Bonchev–Trinajstić information content (AvgIpc) is 3.04. The molecule has 0 saturated carbocycles. The van der Waals surface area contributed by atoms with E-state index in [-0.39, 0.29) is 0 Å². The standard InChI is InChI=1S/C42H58O/c1-3-5-7-9-11-13-14-15-17-19-26-36-31-32-38-37-27-21-20-25-35(37)30-33-39(38)42(36)40-28-22-23-29-41(40)43-34-24-18-16-12-10-8-6-4-2/h20-23,25,27-33H,3-19,24,26,34H2,1-2H3. The predicted molar refractivity (Wildman–Crippen MR) is 191 cm³/mol. The van der Waals surface area contributed by atoms with Crippen LogP contribution in [0.25, 0.3) is 32.7 Å². The van der Waals surface area contributed by atoms with Crippen molar-refractivity contribution >= 4 is 21.5 Å². The third-order valence-corrected chi connectivity index (χ3v) is 9.22. The number of hydrogen-bond acceptors (Lipinski definition) is 1. The number of para-hydroxylation sites is 1. The molecule has 4 aromatic rings. The van der Waals surface area contributed by atoms with Crippen LogP contribution in [0.15, 0.2) is 72.8 Å². The van der Waals surface area contributed by atoms with Gasteiger partial charge in [-0.15, -0.1) is 0 Å². The highest BCUT2D eigenvalue weighted by atomic mass is 16.5. The Kier molecular flexibility index (Phi) is 15.0. The molecule has 0 bridgehead atoms. The second kappa shape index (κ2) is 19.5. The van der Waals surface area contributed by atoms with E-state index in [0.29, 0.717) is 0 Å². The Morgan fingerprint density at radius 2 is 1.00 bits per heavy atom. The SMILES string of the molecule is CCCCCCCCCCCCc1ccc2c(ccc3ccccc32)c1-c1ccccc1OCCCCCCCCCC. The molecule has 0 amide bonds. The van der Waals surface area contributed by atoms with Crippen molar-refractivity contribution in [3.8, 4) is 16.9 Å². The largest absolute Gasteiger partial charge is 0.493 e. The van der Waals surface area contributed by atoms with Gasteiger partial charge in [0.1, 0.15) is 5.75 Å². The minimum absolute atomic E-state index is 0.799. The van der Waals surface area contributed by atoms with E-state index < -0.39 is 0 Å². The molecule has 0 spiro atoms. The molecule has 4 rings (SSSR count). The maximum absolute atomic E-state index is 6.53. The fourth-order valence-electron chi connectivity index (χ4n) is 6.68. The summed E-state index contributed by atoms with van der Waals surface area (Å²) in [6.07, 6.45) is 25.4. The van der Waals surface area contributed by atoms with E-state index in [2.05, 4.69) is 86.6 Å². The summed E-state index contributed by atoms with van der Waals surface area (Å²) < 4.78 is 6.53. The van der Waals surface area contributed by atoms with Crippen LogP contribution in [0.5, 0.6) is 5.75 Å². The molecule has 0 aliphatic rings. The molecule has 0 aliphatic heterocycles. The molecular weight excluding hydrogens is 520 g/mol. The number of aryl methyl sites for hydroxylation is 1. The lowest BCUT2D eigenvalue weighted by Crippen LogP contribution is -2.01. The summed E-state index contributed by atoms with van der Waals surface area (Å²) >= 11 is 0. The minimum atomic E-state index is 0.799. The van der Waals surface area contributed by atoms with Crippen molar-refractivity contribution in [3.63, 3.8) is 0 Å². The van der Waals surface area contributed by atoms with E-state index in [9.17, 15) is 0 Å². The van der Waals surface area contributed by atoms with Crippen LogP contribution >= 0.6 is 0 Å². The van der Waals surface area contributed by atoms with Crippen molar-refractivity contribution in [1.82, 2.24) is 0 Å². The molecule has 1 nitrogen and oxygen atoms in total. The molecule has 232 valence electrons. The zero-order valence-electron chi connectivity index (χ0n) is 27.5. The van der Waals surface area contributed by atoms with Gasteiger partial charge in [-0.25, -0.2) is 0 Å². The van der Waals surface area contributed by atoms with Crippen LogP contribution in [0.3, 0.4) is 0 Å². The van der Waals surface area contributed by atoms with E-state index in [1.54, 1.807) is 0 Å². The van der Waals surface area contributed by atoms with Gasteiger partial charge in [-0.05, 0) is 58.0 Å². The van der Waals surface area contributed by atoms with Crippen molar-refractivity contribution in [2.75, 3.05) is 6.61 Å². The summed E-state index contributed by atoms with van der Waals surface area (Å²) in [5, 5.41) is 5.34. The molecule has 0 heterocycles. The lowest BCUT2D eigenvalue weighted by atomic mass is 9.88. The summed E-state index contributed by atoms with van der Waals surface area (Å²) in [7, 11) is 0. The van der Waals surface area contributed by atoms with Gasteiger partial charge < -0.3 is 4.74 Å². The second-order valence-corrected chi connectivity index (χ2v) is 12.7. The summed E-state index contributed by atoms with van der Waals surface area (Å²) in [6.45, 7) is 5.39. The van der Waals surface area contributed by atoms with E-state index >= 15 is 0 Å². The van der Waals surface area contributed by atoms with Gasteiger partial charge >= 0.3 is 0 Å². The Labute approximate surface area is 263 Å². The highest BCUT2D eigenvalue weighted by Crippen LogP contribution is 2.40. The molecule has 43 heavy (non-hydrogen) atoms. The zero-order valence-corrected chi connectivity index (χ0v) is 27.5. The maximum Gasteiger partial charge on any atom is 0.127 e. The van der Waals surface area contributed by atoms with E-state index in [0.717, 1.165) is 25.2 Å². The van der Waals surface area contributed by atoms with Crippen molar-refractivity contribution < 1.29 is 4.74 Å². The molecule has 0 aromatic heterocycles. The van der Waals surface area contributed by atoms with Gasteiger partial charge in [0.25, 0.3) is 0 Å². The molecule has 0 atom stereocenters. The summed E-state index contributed by atoms with van der Waals surface area (Å²) in [4.78, 5) is 0. The van der Waals surface area contributed by atoms with Gasteiger partial charge in [0.2, 0.25) is 0 Å². The van der Waals surface area contributed by atoms with Crippen molar-refractivity contribution in [2.45, 2.75) is 136 Å². The monoisotopic (exact) mass is 578 g/mol. The van der Waals surface area contributed by atoms with Crippen LogP contribution in [0.2, 0.25) is 0 Å². The van der Waals surface area contributed by atoms with Crippen LogP contribution < -0.4 is 4.74 Å². The zero-order chi connectivity index (χ0) is 30.0. The summed E-state index contributed by atoms with van der Waals surface area (Å²) in [5.74, 6) is 1.04. The second-order valence-electron chi connectivity index (χ2n) is 12.7. The normalized spacial score (nSPS) is 11.5. The van der Waals surface area contributed by atoms with Crippen LogP contribution in [-0.4, -0.2) is 6.61 Å². The number of fused-ring (bicyclic) bond motifs is 3. The molecule has 0 fully saturated rings. The fraction of sp³-hybridized carbons (Fsp3) is 0.524. The smallest absolute Gasteiger partial charge is 0.127 e. The predicted octanol–water partition coefficient (Wildman–Crippen LogP) is 13.6. The first-order valence-electron chi connectivity index (χ1n) is 18.0. The van der Waals surface area contributed by atoms with Gasteiger partial charge in [-0.2, -0.15) is 0 Å². The van der Waals surface area contributed by atoms with Gasteiger partial charge in [0.15, 0.2) is 0 Å².